The first-order valence-corrected chi connectivity index (χ1v) is 8.92. The van der Waals surface area contributed by atoms with Gasteiger partial charge >= 0.3 is 6.03 Å². The standard InChI is InChI=1S/C18H28N4O2/c1-12(2)22-13(3)10-16(14(22)4)17(23)20-8-5-6-15(11-20)21-9-7-19-18(21)24/h10,12,15H,5-9,11H2,1-4H3,(H,19,24)/t15-/m0/s1. The lowest BCUT2D eigenvalue weighted by atomic mass is 10.0. The van der Waals surface area contributed by atoms with Gasteiger partial charge in [0.25, 0.3) is 5.91 Å². The topological polar surface area (TPSA) is 57.6 Å². The molecular weight excluding hydrogens is 304 g/mol. The summed E-state index contributed by atoms with van der Waals surface area (Å²) in [5.74, 6) is 0.0966. The van der Waals surface area contributed by atoms with Crippen LogP contribution in [-0.4, -0.2) is 58.5 Å². The number of hydrogen-bond acceptors (Lipinski definition) is 2. The number of urea groups is 1. The summed E-state index contributed by atoms with van der Waals surface area (Å²) in [7, 11) is 0. The van der Waals surface area contributed by atoms with Crippen molar-refractivity contribution in [3.05, 3.63) is 23.0 Å². The van der Waals surface area contributed by atoms with E-state index in [9.17, 15) is 9.59 Å². The van der Waals surface area contributed by atoms with Crippen LogP contribution < -0.4 is 5.32 Å². The monoisotopic (exact) mass is 332 g/mol. The molecule has 2 saturated heterocycles. The van der Waals surface area contributed by atoms with Crippen LogP contribution in [0.15, 0.2) is 6.07 Å². The van der Waals surface area contributed by atoms with Crippen LogP contribution in [0.2, 0.25) is 0 Å². The number of piperidine rings is 1. The van der Waals surface area contributed by atoms with Crippen molar-refractivity contribution in [2.75, 3.05) is 26.2 Å². The molecule has 1 N–H and O–H groups in total. The average molecular weight is 332 g/mol. The molecule has 2 aliphatic rings. The van der Waals surface area contributed by atoms with Crippen LogP contribution >= 0.6 is 0 Å². The number of carbonyl (C=O) groups excluding carboxylic acids is 2. The van der Waals surface area contributed by atoms with Crippen molar-refractivity contribution >= 4 is 11.9 Å². The van der Waals surface area contributed by atoms with E-state index in [1.807, 2.05) is 22.8 Å². The van der Waals surface area contributed by atoms with Crippen molar-refractivity contribution in [1.82, 2.24) is 19.7 Å². The maximum atomic E-state index is 13.0. The average Bonchev–Trinajstić information content (AvgIpc) is 3.09. The molecule has 0 bridgehead atoms. The van der Waals surface area contributed by atoms with Crippen molar-refractivity contribution < 1.29 is 9.59 Å². The van der Waals surface area contributed by atoms with E-state index in [4.69, 9.17) is 0 Å². The van der Waals surface area contributed by atoms with Gasteiger partial charge in [-0.15, -0.1) is 0 Å². The summed E-state index contributed by atoms with van der Waals surface area (Å²) in [6, 6.07) is 2.49. The largest absolute Gasteiger partial charge is 0.346 e. The number of aryl methyl sites for hydroxylation is 1. The second-order valence-corrected chi connectivity index (χ2v) is 7.22. The summed E-state index contributed by atoms with van der Waals surface area (Å²) in [6.45, 7) is 11.2. The van der Waals surface area contributed by atoms with Gasteiger partial charge in [0.15, 0.2) is 0 Å². The molecule has 1 atom stereocenters. The fourth-order valence-corrected chi connectivity index (χ4v) is 4.19. The van der Waals surface area contributed by atoms with Gasteiger partial charge in [0.2, 0.25) is 0 Å². The first-order chi connectivity index (χ1) is 11.4. The number of aromatic nitrogens is 1. The van der Waals surface area contributed by atoms with Gasteiger partial charge < -0.3 is 19.7 Å². The predicted molar refractivity (Wildman–Crippen MR) is 93.3 cm³/mol. The van der Waals surface area contributed by atoms with E-state index in [0.29, 0.717) is 19.1 Å². The van der Waals surface area contributed by atoms with Gasteiger partial charge in [-0.2, -0.15) is 0 Å². The third-order valence-corrected chi connectivity index (χ3v) is 5.25. The number of amides is 3. The minimum Gasteiger partial charge on any atom is -0.346 e. The Labute approximate surface area is 143 Å². The van der Waals surface area contributed by atoms with Crippen LogP contribution in [0.3, 0.4) is 0 Å². The highest BCUT2D eigenvalue weighted by Gasteiger charge is 2.33. The van der Waals surface area contributed by atoms with Crippen LogP contribution in [0.4, 0.5) is 4.79 Å². The Morgan fingerprint density at radius 3 is 2.62 bits per heavy atom. The first-order valence-electron chi connectivity index (χ1n) is 8.92. The Hall–Kier alpha value is -1.98. The van der Waals surface area contributed by atoms with E-state index in [1.165, 1.54) is 0 Å². The third kappa shape index (κ3) is 2.89. The van der Waals surface area contributed by atoms with Crippen molar-refractivity contribution in [2.24, 2.45) is 0 Å². The molecule has 0 saturated carbocycles. The van der Waals surface area contributed by atoms with E-state index in [0.717, 1.165) is 42.9 Å². The molecule has 3 rings (SSSR count). The Balaban J connectivity index is 1.77. The van der Waals surface area contributed by atoms with Crippen LogP contribution in [0.5, 0.6) is 0 Å². The molecule has 0 aliphatic carbocycles. The molecule has 3 amide bonds. The zero-order valence-electron chi connectivity index (χ0n) is 15.1. The number of rotatable bonds is 3. The Bertz CT molecular complexity index is 650. The van der Waals surface area contributed by atoms with Gasteiger partial charge in [-0.05, 0) is 46.6 Å². The number of carbonyl (C=O) groups is 2. The van der Waals surface area contributed by atoms with Crippen molar-refractivity contribution in [3.8, 4) is 0 Å². The lowest BCUT2D eigenvalue weighted by Crippen LogP contribution is -2.50. The van der Waals surface area contributed by atoms with Crippen LogP contribution in [-0.2, 0) is 0 Å². The predicted octanol–water partition coefficient (Wildman–Crippen LogP) is 2.32. The van der Waals surface area contributed by atoms with Gasteiger partial charge in [0.1, 0.15) is 0 Å². The second kappa shape index (κ2) is 6.49. The normalized spacial score (nSPS) is 21.5. The molecule has 6 heteroatoms. The lowest BCUT2D eigenvalue weighted by Gasteiger charge is -2.37. The van der Waals surface area contributed by atoms with Gasteiger partial charge in [-0.3, -0.25) is 4.79 Å². The summed E-state index contributed by atoms with van der Waals surface area (Å²) in [6.07, 6.45) is 1.92. The maximum absolute atomic E-state index is 13.0. The van der Waals surface area contributed by atoms with E-state index >= 15 is 0 Å². The smallest absolute Gasteiger partial charge is 0.317 e. The zero-order chi connectivity index (χ0) is 17.4. The highest BCUT2D eigenvalue weighted by molar-refractivity contribution is 5.96. The second-order valence-electron chi connectivity index (χ2n) is 7.22. The number of hydrogen-bond donors (Lipinski definition) is 1. The van der Waals surface area contributed by atoms with Gasteiger partial charge in [0, 0.05) is 43.6 Å². The first kappa shape index (κ1) is 16.9. The van der Waals surface area contributed by atoms with Crippen molar-refractivity contribution in [3.63, 3.8) is 0 Å². The van der Waals surface area contributed by atoms with E-state index < -0.39 is 0 Å². The third-order valence-electron chi connectivity index (χ3n) is 5.25. The summed E-state index contributed by atoms with van der Waals surface area (Å²) >= 11 is 0. The number of nitrogens with zero attached hydrogens (tertiary/aromatic N) is 3. The molecule has 24 heavy (non-hydrogen) atoms. The van der Waals surface area contributed by atoms with Gasteiger partial charge in [-0.1, -0.05) is 0 Å². The molecule has 0 aromatic carbocycles. The highest BCUT2D eigenvalue weighted by atomic mass is 16.2. The highest BCUT2D eigenvalue weighted by Crippen LogP contribution is 2.24. The zero-order valence-corrected chi connectivity index (χ0v) is 15.1. The van der Waals surface area contributed by atoms with Gasteiger partial charge in [-0.25, -0.2) is 4.79 Å². The quantitative estimate of drug-likeness (QED) is 0.923. The lowest BCUT2D eigenvalue weighted by molar-refractivity contribution is 0.0633. The van der Waals surface area contributed by atoms with Crippen LogP contribution in [0, 0.1) is 13.8 Å². The summed E-state index contributed by atoms with van der Waals surface area (Å²) < 4.78 is 2.21. The van der Waals surface area contributed by atoms with Crippen molar-refractivity contribution in [1.29, 1.82) is 0 Å². The van der Waals surface area contributed by atoms with Gasteiger partial charge in [0.05, 0.1) is 11.6 Å². The summed E-state index contributed by atoms with van der Waals surface area (Å²) in [5, 5.41) is 2.86. The molecule has 3 heterocycles. The summed E-state index contributed by atoms with van der Waals surface area (Å²) in [5.41, 5.74) is 2.96. The minimum atomic E-state index is 0.00675. The Kier molecular flexibility index (Phi) is 4.56. The maximum Gasteiger partial charge on any atom is 0.317 e. The molecular formula is C18H28N4O2. The molecule has 1 aromatic rings. The SMILES string of the molecule is Cc1cc(C(=O)N2CCC[C@H](N3CCNC3=O)C2)c(C)n1C(C)C. The fraction of sp³-hybridized carbons (Fsp3) is 0.667. The Morgan fingerprint density at radius 1 is 1.29 bits per heavy atom. The van der Waals surface area contributed by atoms with E-state index in [-0.39, 0.29) is 18.0 Å². The van der Waals surface area contributed by atoms with Crippen LogP contribution in [0.1, 0.15) is 54.5 Å². The summed E-state index contributed by atoms with van der Waals surface area (Å²) in [4.78, 5) is 28.8. The molecule has 0 spiro atoms. The molecule has 0 unspecified atom stereocenters. The van der Waals surface area contributed by atoms with Crippen molar-refractivity contribution in [2.45, 2.75) is 52.6 Å². The molecule has 132 valence electrons. The molecule has 6 nitrogen and oxygen atoms in total. The fourth-order valence-electron chi connectivity index (χ4n) is 4.19. The minimum absolute atomic E-state index is 0.00675. The molecule has 2 fully saturated rings. The Morgan fingerprint density at radius 2 is 2.04 bits per heavy atom. The molecule has 2 aliphatic heterocycles. The molecule has 0 radical (unpaired) electrons. The van der Waals surface area contributed by atoms with E-state index in [2.05, 4.69) is 30.7 Å². The molecule has 1 aromatic heterocycles. The van der Waals surface area contributed by atoms with E-state index in [1.54, 1.807) is 0 Å². The van der Waals surface area contributed by atoms with Crippen LogP contribution in [0.25, 0.3) is 0 Å². The number of likely N-dealkylation sites (tertiary alicyclic amines) is 1. The number of nitrogens with one attached hydrogen (secondary N) is 1.